The van der Waals surface area contributed by atoms with E-state index in [1.165, 1.54) is 5.69 Å². The Morgan fingerprint density at radius 3 is 2.53 bits per heavy atom. The van der Waals surface area contributed by atoms with Crippen molar-refractivity contribution in [3.63, 3.8) is 0 Å². The second kappa shape index (κ2) is 9.58. The number of anilines is 1. The molecule has 3 heterocycles. The molecule has 7 heteroatoms. The first-order chi connectivity index (χ1) is 18.4. The maximum absolute atomic E-state index is 13.5. The summed E-state index contributed by atoms with van der Waals surface area (Å²) in [6.07, 6.45) is 3.82. The fraction of sp³-hybridized carbons (Fsp3) is 0.258. The highest BCUT2D eigenvalue weighted by atomic mass is 16.5. The molecular weight excluding hydrogens is 478 g/mol. The minimum Gasteiger partial charge on any atom is -0.507 e. The average molecular weight is 510 g/mol. The van der Waals surface area contributed by atoms with Crippen LogP contribution in [0.4, 0.5) is 5.69 Å². The summed E-state index contributed by atoms with van der Waals surface area (Å²) >= 11 is 0. The molecule has 38 heavy (non-hydrogen) atoms. The number of fused-ring (bicyclic) bond motifs is 2. The molecule has 0 unspecified atom stereocenters. The standard InChI is InChI=1S/C31H31N3O4/c1-20-16-27(35)25(19-33-12-14-34(15-13-33)22-8-10-23(37-3)11-9-22)31-29(20)30(36)28(38-31)17-21-18-32(2)26-7-5-4-6-24(21)26/h4-11,16-18,35H,12-15,19H2,1-3H3/b28-17+. The topological polar surface area (TPSA) is 67.2 Å². The van der Waals surface area contributed by atoms with Crippen LogP contribution in [0.3, 0.4) is 0 Å². The molecule has 3 aromatic carbocycles. The van der Waals surface area contributed by atoms with Crippen LogP contribution in [0.25, 0.3) is 17.0 Å². The Morgan fingerprint density at radius 2 is 1.79 bits per heavy atom. The number of methoxy groups -OCH3 is 1. The summed E-state index contributed by atoms with van der Waals surface area (Å²) in [7, 11) is 3.66. The molecule has 2 aliphatic rings. The van der Waals surface area contributed by atoms with Crippen LogP contribution in [-0.2, 0) is 13.6 Å². The highest BCUT2D eigenvalue weighted by Gasteiger charge is 2.34. The van der Waals surface area contributed by atoms with Crippen molar-refractivity contribution in [1.82, 2.24) is 9.47 Å². The van der Waals surface area contributed by atoms with Crippen LogP contribution >= 0.6 is 0 Å². The number of phenolic OH excluding ortho intramolecular Hbond substituents is 1. The molecule has 0 saturated carbocycles. The van der Waals surface area contributed by atoms with Crippen LogP contribution in [0.1, 0.15) is 27.0 Å². The zero-order valence-corrected chi connectivity index (χ0v) is 21.9. The Bertz CT molecular complexity index is 1560. The summed E-state index contributed by atoms with van der Waals surface area (Å²) in [4.78, 5) is 18.1. The summed E-state index contributed by atoms with van der Waals surface area (Å²) < 4.78 is 13.5. The predicted molar refractivity (Wildman–Crippen MR) is 149 cm³/mol. The molecule has 1 fully saturated rings. The monoisotopic (exact) mass is 509 g/mol. The number of carbonyl (C=O) groups excluding carboxylic acids is 1. The number of rotatable bonds is 5. The van der Waals surface area contributed by atoms with Gasteiger partial charge in [-0.3, -0.25) is 9.69 Å². The molecule has 0 atom stereocenters. The van der Waals surface area contributed by atoms with Crippen LogP contribution in [0.5, 0.6) is 17.2 Å². The van der Waals surface area contributed by atoms with Gasteiger partial charge in [0.05, 0.1) is 18.2 Å². The predicted octanol–water partition coefficient (Wildman–Crippen LogP) is 5.14. The molecule has 0 radical (unpaired) electrons. The van der Waals surface area contributed by atoms with Crippen molar-refractivity contribution in [2.45, 2.75) is 13.5 Å². The Morgan fingerprint density at radius 1 is 1.05 bits per heavy atom. The Labute approximate surface area is 222 Å². The molecule has 7 nitrogen and oxygen atoms in total. The lowest BCUT2D eigenvalue weighted by Crippen LogP contribution is -2.46. The SMILES string of the molecule is COc1ccc(N2CCN(Cc3c(O)cc(C)c4c3O/C(=C/c3cn(C)c5ccccc35)C4=O)CC2)cc1. The molecule has 0 amide bonds. The number of hydrogen-bond donors (Lipinski definition) is 1. The van der Waals surface area contributed by atoms with Crippen molar-refractivity contribution in [2.75, 3.05) is 38.2 Å². The number of ether oxygens (including phenoxy) is 2. The first kappa shape index (κ1) is 24.1. The van der Waals surface area contributed by atoms with Gasteiger partial charge in [-0.25, -0.2) is 0 Å². The van der Waals surface area contributed by atoms with Gasteiger partial charge in [0.25, 0.3) is 0 Å². The van der Waals surface area contributed by atoms with Crippen molar-refractivity contribution in [2.24, 2.45) is 7.05 Å². The maximum atomic E-state index is 13.5. The van der Waals surface area contributed by atoms with Gasteiger partial charge in [-0.2, -0.15) is 0 Å². The number of ketones is 1. The van der Waals surface area contributed by atoms with E-state index < -0.39 is 0 Å². The summed E-state index contributed by atoms with van der Waals surface area (Å²) in [6, 6.07) is 17.9. The van der Waals surface area contributed by atoms with E-state index in [0.717, 1.165) is 54.0 Å². The first-order valence-corrected chi connectivity index (χ1v) is 12.9. The van der Waals surface area contributed by atoms with E-state index in [4.69, 9.17) is 9.47 Å². The smallest absolute Gasteiger partial charge is 0.232 e. The Hall–Kier alpha value is -4.23. The molecule has 1 saturated heterocycles. The molecule has 1 aromatic heterocycles. The van der Waals surface area contributed by atoms with Crippen LogP contribution in [0.15, 0.2) is 66.6 Å². The van der Waals surface area contributed by atoms with E-state index in [0.29, 0.717) is 23.4 Å². The normalized spacial score (nSPS) is 16.8. The largest absolute Gasteiger partial charge is 0.507 e. The zero-order valence-electron chi connectivity index (χ0n) is 21.9. The summed E-state index contributed by atoms with van der Waals surface area (Å²) in [5.41, 5.74) is 5.11. The minimum atomic E-state index is -0.143. The molecule has 4 aromatic rings. The van der Waals surface area contributed by atoms with Gasteiger partial charge in [0.2, 0.25) is 5.78 Å². The summed E-state index contributed by atoms with van der Waals surface area (Å²) in [6.45, 7) is 5.76. The number of carbonyl (C=O) groups is 1. The highest BCUT2D eigenvalue weighted by molar-refractivity contribution is 6.16. The number of para-hydroxylation sites is 1. The Balaban J connectivity index is 1.23. The van der Waals surface area contributed by atoms with Crippen molar-refractivity contribution in [3.05, 3.63) is 88.8 Å². The Kier molecular flexibility index (Phi) is 6.08. The van der Waals surface area contributed by atoms with Gasteiger partial charge >= 0.3 is 0 Å². The van der Waals surface area contributed by atoms with E-state index in [1.807, 2.05) is 61.1 Å². The van der Waals surface area contributed by atoms with E-state index in [1.54, 1.807) is 13.2 Å². The molecule has 194 valence electrons. The van der Waals surface area contributed by atoms with Gasteiger partial charge in [-0.1, -0.05) is 18.2 Å². The van der Waals surface area contributed by atoms with E-state index >= 15 is 0 Å². The van der Waals surface area contributed by atoms with E-state index in [-0.39, 0.29) is 17.3 Å². The number of aryl methyl sites for hydroxylation is 2. The molecule has 1 N–H and O–H groups in total. The number of Topliss-reactive ketones (excluding diaryl/α,β-unsaturated/α-hetero) is 1. The summed E-state index contributed by atoms with van der Waals surface area (Å²) in [5, 5.41) is 12.0. The molecule has 0 bridgehead atoms. The number of allylic oxidation sites excluding steroid dienone is 1. The quantitative estimate of drug-likeness (QED) is 0.376. The van der Waals surface area contributed by atoms with Gasteiger partial charge in [0.15, 0.2) is 5.76 Å². The fourth-order valence-corrected chi connectivity index (χ4v) is 5.54. The van der Waals surface area contributed by atoms with Gasteiger partial charge < -0.3 is 24.0 Å². The van der Waals surface area contributed by atoms with Crippen LogP contribution in [0, 0.1) is 6.92 Å². The number of aromatic hydroxyl groups is 1. The van der Waals surface area contributed by atoms with Gasteiger partial charge in [0, 0.05) is 68.1 Å². The third-order valence-electron chi connectivity index (χ3n) is 7.63. The summed E-state index contributed by atoms with van der Waals surface area (Å²) in [5.74, 6) is 1.64. The fourth-order valence-electron chi connectivity index (χ4n) is 5.54. The van der Waals surface area contributed by atoms with Gasteiger partial charge in [-0.05, 0) is 55.0 Å². The lowest BCUT2D eigenvalue weighted by atomic mass is 9.99. The molecule has 0 aliphatic carbocycles. The average Bonchev–Trinajstić information content (AvgIpc) is 3.43. The number of nitrogens with zero attached hydrogens (tertiary/aromatic N) is 3. The number of piperazine rings is 1. The second-order valence-corrected chi connectivity index (χ2v) is 10.0. The van der Waals surface area contributed by atoms with Gasteiger partial charge in [0.1, 0.15) is 17.2 Å². The van der Waals surface area contributed by atoms with Crippen molar-refractivity contribution < 1.29 is 19.4 Å². The zero-order chi connectivity index (χ0) is 26.4. The van der Waals surface area contributed by atoms with E-state index in [9.17, 15) is 9.90 Å². The lowest BCUT2D eigenvalue weighted by molar-refractivity contribution is 0.101. The second-order valence-electron chi connectivity index (χ2n) is 10.0. The van der Waals surface area contributed by atoms with Gasteiger partial charge in [-0.15, -0.1) is 0 Å². The number of phenols is 1. The van der Waals surface area contributed by atoms with Crippen molar-refractivity contribution in [3.8, 4) is 17.2 Å². The minimum absolute atomic E-state index is 0.143. The number of benzene rings is 3. The third kappa shape index (κ3) is 4.19. The lowest BCUT2D eigenvalue weighted by Gasteiger charge is -2.36. The molecular formula is C31H31N3O4. The van der Waals surface area contributed by atoms with E-state index in [2.05, 4.69) is 28.0 Å². The van der Waals surface area contributed by atoms with Crippen LogP contribution in [-0.4, -0.2) is 53.6 Å². The molecule has 2 aliphatic heterocycles. The maximum Gasteiger partial charge on any atom is 0.232 e. The number of aromatic nitrogens is 1. The number of hydrogen-bond acceptors (Lipinski definition) is 6. The third-order valence-corrected chi connectivity index (χ3v) is 7.63. The molecule has 6 rings (SSSR count). The van der Waals surface area contributed by atoms with Crippen LogP contribution in [0.2, 0.25) is 0 Å². The van der Waals surface area contributed by atoms with Crippen molar-refractivity contribution in [1.29, 1.82) is 0 Å². The van der Waals surface area contributed by atoms with Crippen LogP contribution < -0.4 is 14.4 Å². The first-order valence-electron chi connectivity index (χ1n) is 12.9. The molecule has 0 spiro atoms. The van der Waals surface area contributed by atoms with Crippen molar-refractivity contribution >= 4 is 28.4 Å². The highest BCUT2D eigenvalue weighted by Crippen LogP contribution is 2.42.